The van der Waals surface area contributed by atoms with Crippen molar-refractivity contribution < 1.29 is 96.8 Å². The number of hydrogen-bond donors (Lipinski definition) is 22. The van der Waals surface area contributed by atoms with Crippen LogP contribution in [0.2, 0.25) is 0 Å². The maximum atomic E-state index is 14.8. The normalized spacial score (nSPS) is 14.1. The topological polar surface area (TPSA) is 809 Å². The fourth-order valence-corrected chi connectivity index (χ4v) is 16.6. The Hall–Kier alpha value is -11.3. The molecule has 0 saturated heterocycles. The molecule has 0 spiro atoms. The number of Topliss-reactive ketones (excluding diaryl/α,β-unsaturated/α-hetero) is 7. The summed E-state index contributed by atoms with van der Waals surface area (Å²) < 4.78 is 0. The van der Waals surface area contributed by atoms with E-state index >= 15 is 0 Å². The number of primary amides is 1. The summed E-state index contributed by atoms with van der Waals surface area (Å²) in [5.74, 6) is -18.5. The highest BCUT2D eigenvalue weighted by Gasteiger charge is 2.39. The summed E-state index contributed by atoms with van der Waals surface area (Å²) >= 11 is 0. The highest BCUT2D eigenvalue weighted by molar-refractivity contribution is 6.00. The molecule has 0 rings (SSSR count). The van der Waals surface area contributed by atoms with Crippen molar-refractivity contribution >= 4 is 129 Å². The van der Waals surface area contributed by atoms with E-state index in [0.717, 1.165) is 25.7 Å². The molecule has 0 unspecified atom stereocenters. The van der Waals surface area contributed by atoms with Crippen LogP contribution in [0.5, 0.6) is 0 Å². The second kappa shape index (κ2) is 80.0. The molecule has 0 radical (unpaired) electrons. The van der Waals surface area contributed by atoms with Crippen LogP contribution in [0.15, 0.2) is 25.0 Å². The van der Waals surface area contributed by atoms with Crippen LogP contribution in [0.3, 0.4) is 0 Å². The van der Waals surface area contributed by atoms with Gasteiger partial charge in [0.25, 0.3) is 0 Å². The van der Waals surface area contributed by atoms with Gasteiger partial charge in [-0.05, 0) is 159 Å². The standard InChI is InChI=1S/C57H108N18O10.C43H76N6O10/c1-8-36(25-33(2)3)50(82)72-41(17-12-22-69-55(62)63)45(77)28-37(15-9-10-20-58)51(83)73-42(18-13-23-70-56(64)65)46(78)29-38(16-11-21-68-54(60)61)52(84)74-43(19-14-24-71-57(66)67)47(79)30-39(26-34(4)5)53(85)75-44(27-35(6)7)48(80)31-40(32-76)49(59)81;1-5-7-8-9-10-11-12-13-14-15-16-17-18-21-37(53)48-34(23-25-39(56)57)35(51)27-32(20-19-26-46-43(44)45)42(59)49-40(30(3)6-2)36(52)28-33(22-24-38(54)55)41(58)47-29-31(4)50/h33-44,76H,8-32,58H2,1-7H3,(H2,59,81)(H,72,82)(H,73,83)(H,74,84)(H,75,85)(H4,60,61,68)(H4,62,63,69)(H4,64,65,70)(H4,66,67,71);30,32-34,40H,5-29H2,1-4H3,(H,47,58)(H,48,53)(H,49,59)(H,54,55)(H,56,57)(H4,44,45,46)/t36-,37+,38+,39+,40-,41-,42-,43-,44-;30-,32+,33+,34-,40-/m00/s1. The molecule has 0 saturated carbocycles. The molecule has 44 heteroatoms. The average Bonchev–Trinajstić information content (AvgIpc) is 0.883. The van der Waals surface area contributed by atoms with E-state index in [1.165, 1.54) is 58.3 Å². The van der Waals surface area contributed by atoms with E-state index in [1.807, 2.05) is 55.4 Å². The fourth-order valence-electron chi connectivity index (χ4n) is 16.6. The second-order valence-corrected chi connectivity index (χ2v) is 39.3. The lowest BCUT2D eigenvalue weighted by Gasteiger charge is -2.28. The number of ketones is 7. The summed E-state index contributed by atoms with van der Waals surface area (Å²) in [4.78, 5) is 248. The Morgan fingerprint density at radius 2 is 0.611 bits per heavy atom. The number of nitrogens with one attached hydrogen (secondary N) is 7. The van der Waals surface area contributed by atoms with Crippen LogP contribution in [-0.4, -0.2) is 233 Å². The zero-order valence-electron chi connectivity index (χ0n) is 88.1. The number of carboxylic acids is 2. The Morgan fingerprint density at radius 1 is 0.299 bits per heavy atom. The summed E-state index contributed by atoms with van der Waals surface area (Å²) in [5.41, 5.74) is 66.9. The molecule has 8 amide bonds. The molecular formula is C100H184N24O20. The van der Waals surface area contributed by atoms with Gasteiger partial charge >= 0.3 is 11.9 Å². The molecule has 0 aromatic heterocycles. The minimum atomic E-state index is -1.24. The first kappa shape index (κ1) is 135. The third-order valence-corrected chi connectivity index (χ3v) is 24.9. The molecule has 824 valence electrons. The van der Waals surface area contributed by atoms with Gasteiger partial charge in [-0.1, -0.05) is 159 Å². The van der Waals surface area contributed by atoms with Gasteiger partial charge in [-0.25, -0.2) is 0 Å². The summed E-state index contributed by atoms with van der Waals surface area (Å²) in [7, 11) is 0. The third-order valence-electron chi connectivity index (χ3n) is 24.9. The molecule has 0 fully saturated rings. The van der Waals surface area contributed by atoms with Crippen molar-refractivity contribution in [1.29, 1.82) is 0 Å². The number of aliphatic hydroxyl groups is 1. The van der Waals surface area contributed by atoms with E-state index in [4.69, 9.17) is 68.8 Å². The first-order chi connectivity index (χ1) is 68.0. The molecule has 0 bridgehead atoms. The van der Waals surface area contributed by atoms with Crippen LogP contribution in [0.4, 0.5) is 0 Å². The number of carboxylic acid groups (broad SMARTS) is 2. The predicted molar refractivity (Wildman–Crippen MR) is 558 cm³/mol. The van der Waals surface area contributed by atoms with Crippen LogP contribution in [0, 0.1) is 65.1 Å². The number of amides is 8. The van der Waals surface area contributed by atoms with Gasteiger partial charge in [0, 0.05) is 126 Å². The molecule has 34 N–H and O–H groups in total. The van der Waals surface area contributed by atoms with E-state index in [9.17, 15) is 96.8 Å². The molecule has 0 heterocycles. The maximum absolute atomic E-state index is 14.8. The molecular weight excluding hydrogens is 1860 g/mol. The zero-order chi connectivity index (χ0) is 109. The smallest absolute Gasteiger partial charge is 0.303 e. The monoisotopic (exact) mass is 2040 g/mol. The number of aliphatic hydroxyl groups excluding tert-OH is 1. The quantitative estimate of drug-likeness (QED) is 0.0229. The van der Waals surface area contributed by atoms with Gasteiger partial charge < -0.3 is 121 Å². The van der Waals surface area contributed by atoms with Crippen LogP contribution >= 0.6 is 0 Å². The lowest BCUT2D eigenvalue weighted by atomic mass is 9.86. The number of aliphatic imine (C=N–C) groups is 5. The van der Waals surface area contributed by atoms with Crippen molar-refractivity contribution in [1.82, 2.24) is 37.2 Å². The number of nitrogens with two attached hydrogens (primary N) is 12. The number of hydrogen-bond acceptors (Lipinski definition) is 24. The lowest BCUT2D eigenvalue weighted by molar-refractivity contribution is -0.139. The Kier molecular flexibility index (Phi) is 74.8. The largest absolute Gasteiger partial charge is 0.481 e. The molecule has 144 heavy (non-hydrogen) atoms. The molecule has 0 aliphatic heterocycles. The Bertz CT molecular complexity index is 4030. The van der Waals surface area contributed by atoms with Crippen molar-refractivity contribution in [2.75, 3.05) is 52.4 Å². The van der Waals surface area contributed by atoms with E-state index in [2.05, 4.69) is 69.1 Å². The van der Waals surface area contributed by atoms with Crippen molar-refractivity contribution in [3.8, 4) is 0 Å². The number of rotatable bonds is 87. The number of aliphatic carboxylic acids is 2. The molecule has 0 aliphatic carbocycles. The van der Waals surface area contributed by atoms with Crippen molar-refractivity contribution in [3.05, 3.63) is 0 Å². The zero-order valence-corrected chi connectivity index (χ0v) is 88.1. The average molecular weight is 2040 g/mol. The number of guanidine groups is 5. The van der Waals surface area contributed by atoms with Crippen LogP contribution in [0.25, 0.3) is 0 Å². The van der Waals surface area contributed by atoms with E-state index in [0.29, 0.717) is 51.5 Å². The minimum absolute atomic E-state index is 0.00182. The first-order valence-electron chi connectivity index (χ1n) is 52.0. The summed E-state index contributed by atoms with van der Waals surface area (Å²) in [6, 6.07) is -6.77. The van der Waals surface area contributed by atoms with Gasteiger partial charge in [0.2, 0.25) is 47.3 Å². The first-order valence-corrected chi connectivity index (χ1v) is 52.0. The van der Waals surface area contributed by atoms with Crippen LogP contribution in [-0.2, 0) is 81.5 Å². The van der Waals surface area contributed by atoms with Crippen LogP contribution in [0.1, 0.15) is 346 Å². The SMILES string of the molecule is CCCCCCCCCCCCCCCC(=O)N[C@@H](CCC(=O)O)C(=O)C[C@@H](CCCN=C(N)N)C(=O)N[C@H](C(=O)C[C@@H](CCC(=O)O)C(=O)NCC(C)=O)[C@@H](C)CC.CC[C@@H](CC(C)C)C(=O)N[C@@H](CCCN=C(N)N)C(=O)C[C@@H](CCCCN)C(=O)N[C@@H](CCCN=C(N)N)C(=O)C[C@@H](CCCN=C(N)N)C(=O)N[C@@H](CCCN=C(N)N)C(=O)C[C@@H](CC(C)C)C(=O)N[C@@H](CC(C)C)C(=O)C[C@@H](CO)C(N)=O. The van der Waals surface area contributed by atoms with Crippen molar-refractivity contribution in [2.24, 2.45) is 159 Å². The van der Waals surface area contributed by atoms with Gasteiger partial charge in [-0.2, -0.15) is 0 Å². The van der Waals surface area contributed by atoms with Crippen molar-refractivity contribution in [2.45, 2.75) is 382 Å². The number of carbonyl (C=O) groups excluding carboxylic acids is 15. The highest BCUT2D eigenvalue weighted by atomic mass is 16.4. The van der Waals surface area contributed by atoms with Gasteiger partial charge in [0.05, 0.1) is 55.3 Å². The number of carbonyl (C=O) groups is 17. The Balaban J connectivity index is 0. The molecule has 0 aromatic rings. The fraction of sp³-hybridized carbons (Fsp3) is 0.780. The van der Waals surface area contributed by atoms with Gasteiger partial charge in [-0.15, -0.1) is 0 Å². The lowest BCUT2D eigenvalue weighted by Crippen LogP contribution is -2.49. The van der Waals surface area contributed by atoms with E-state index in [-0.39, 0.29) is 232 Å². The Labute approximate surface area is 852 Å². The molecule has 0 aliphatic rings. The summed E-state index contributed by atoms with van der Waals surface area (Å²) in [6.45, 7) is 20.2. The molecule has 0 aromatic carbocycles. The number of nitrogens with zero attached hydrogens (tertiary/aromatic N) is 5. The molecule has 14 atom stereocenters. The third kappa shape index (κ3) is 67.3. The summed E-state index contributed by atoms with van der Waals surface area (Å²) in [5, 5.41) is 47.7. The van der Waals surface area contributed by atoms with Crippen molar-refractivity contribution in [3.63, 3.8) is 0 Å². The minimum Gasteiger partial charge on any atom is -0.481 e. The Morgan fingerprint density at radius 3 is 0.965 bits per heavy atom. The van der Waals surface area contributed by atoms with Gasteiger partial charge in [0.15, 0.2) is 64.5 Å². The van der Waals surface area contributed by atoms with E-state index < -0.39 is 192 Å². The maximum Gasteiger partial charge on any atom is 0.303 e. The predicted octanol–water partition coefficient (Wildman–Crippen LogP) is 4.34. The highest BCUT2D eigenvalue weighted by Crippen LogP contribution is 2.28. The molecule has 44 nitrogen and oxygen atoms in total. The van der Waals surface area contributed by atoms with E-state index in [1.54, 1.807) is 6.92 Å². The second-order valence-electron chi connectivity index (χ2n) is 39.3. The van der Waals surface area contributed by atoms with Crippen LogP contribution < -0.4 is 106 Å². The van der Waals surface area contributed by atoms with Gasteiger partial charge in [0.1, 0.15) is 5.78 Å². The van der Waals surface area contributed by atoms with Gasteiger partial charge in [-0.3, -0.25) is 106 Å². The number of unbranched alkanes of at least 4 members (excludes halogenated alkanes) is 13. The summed E-state index contributed by atoms with van der Waals surface area (Å²) in [6.07, 6.45) is 16.4.